The van der Waals surface area contributed by atoms with E-state index in [4.69, 9.17) is 0 Å². The molecule has 0 aliphatic rings. The second-order valence-electron chi connectivity index (χ2n) is 6.15. The first-order chi connectivity index (χ1) is 11.9. The molecule has 132 valence electrons. The van der Waals surface area contributed by atoms with Gasteiger partial charge in [-0.25, -0.2) is 0 Å². The molecule has 7 heteroatoms. The predicted octanol–water partition coefficient (Wildman–Crippen LogP) is 2.94. The molecule has 0 saturated heterocycles. The maximum atomic E-state index is 12.4. The highest BCUT2D eigenvalue weighted by molar-refractivity contribution is 5.82. The number of hydrogen-bond donors (Lipinski definition) is 1. The monoisotopic (exact) mass is 342 g/mol. The van der Waals surface area contributed by atoms with Crippen molar-refractivity contribution in [3.05, 3.63) is 64.5 Å². The molecular weight excluding hydrogens is 320 g/mol. The summed E-state index contributed by atoms with van der Waals surface area (Å²) in [4.78, 5) is 29.0. The minimum Gasteiger partial charge on any atom is -0.360 e. The van der Waals surface area contributed by atoms with Gasteiger partial charge < -0.3 is 10.2 Å². The molecule has 0 unspecified atom stereocenters. The van der Waals surface area contributed by atoms with Gasteiger partial charge in [-0.1, -0.05) is 32.0 Å². The summed E-state index contributed by atoms with van der Waals surface area (Å²) in [5.74, 6) is -0.0554. The highest BCUT2D eigenvalue weighted by atomic mass is 16.6. The van der Waals surface area contributed by atoms with Gasteiger partial charge in [-0.3, -0.25) is 19.9 Å². The van der Waals surface area contributed by atoms with Crippen LogP contribution in [0.3, 0.4) is 0 Å². The second kappa shape index (κ2) is 8.23. The van der Waals surface area contributed by atoms with Gasteiger partial charge in [0.05, 0.1) is 23.2 Å². The quantitative estimate of drug-likeness (QED) is 0.617. The number of likely N-dealkylation sites (N-methyl/N-ethyl adjacent to an activating group) is 1. The Balaban J connectivity index is 2.10. The van der Waals surface area contributed by atoms with E-state index >= 15 is 0 Å². The van der Waals surface area contributed by atoms with Crippen molar-refractivity contribution in [2.45, 2.75) is 19.9 Å². The van der Waals surface area contributed by atoms with E-state index in [1.165, 1.54) is 6.07 Å². The van der Waals surface area contributed by atoms with Crippen molar-refractivity contribution in [1.29, 1.82) is 0 Å². The summed E-state index contributed by atoms with van der Waals surface area (Å²) in [6.45, 7) is 4.03. The topological polar surface area (TPSA) is 88.4 Å². The van der Waals surface area contributed by atoms with Crippen LogP contribution < -0.4 is 10.2 Å². The fourth-order valence-electron chi connectivity index (χ4n) is 2.60. The number of nitrogens with zero attached hydrogens (tertiary/aromatic N) is 3. The smallest absolute Gasteiger partial charge is 0.292 e. The van der Waals surface area contributed by atoms with E-state index in [0.29, 0.717) is 5.69 Å². The second-order valence-corrected chi connectivity index (χ2v) is 6.15. The lowest BCUT2D eigenvalue weighted by molar-refractivity contribution is -0.384. The average molecular weight is 342 g/mol. The normalized spacial score (nSPS) is 11.8. The molecule has 1 aromatic carbocycles. The van der Waals surface area contributed by atoms with Crippen LogP contribution >= 0.6 is 0 Å². The van der Waals surface area contributed by atoms with Crippen LogP contribution in [0.15, 0.2) is 48.7 Å². The van der Waals surface area contributed by atoms with E-state index < -0.39 is 4.92 Å². The van der Waals surface area contributed by atoms with Gasteiger partial charge in [-0.2, -0.15) is 0 Å². The lowest BCUT2D eigenvalue weighted by Gasteiger charge is -2.24. The number of nitro groups is 1. The summed E-state index contributed by atoms with van der Waals surface area (Å²) in [6.07, 6.45) is 1.69. The molecule has 0 fully saturated rings. The minimum absolute atomic E-state index is 0.0148. The number of rotatable bonds is 7. The third kappa shape index (κ3) is 4.76. The summed E-state index contributed by atoms with van der Waals surface area (Å²) in [7, 11) is 1.66. The number of carbonyl (C=O) groups is 1. The number of aromatic nitrogens is 1. The van der Waals surface area contributed by atoms with Gasteiger partial charge in [0.2, 0.25) is 5.91 Å². The summed E-state index contributed by atoms with van der Waals surface area (Å²) < 4.78 is 0. The van der Waals surface area contributed by atoms with Gasteiger partial charge in [0.1, 0.15) is 5.69 Å². The maximum Gasteiger partial charge on any atom is 0.292 e. The zero-order valence-electron chi connectivity index (χ0n) is 14.5. The lowest BCUT2D eigenvalue weighted by atomic mass is 10.0. The first-order valence-corrected chi connectivity index (χ1v) is 8.05. The number of anilines is 1. The molecule has 0 aliphatic carbocycles. The van der Waals surface area contributed by atoms with Gasteiger partial charge in [-0.15, -0.1) is 0 Å². The highest BCUT2D eigenvalue weighted by Crippen LogP contribution is 2.26. The molecule has 25 heavy (non-hydrogen) atoms. The first kappa shape index (κ1) is 18.4. The van der Waals surface area contributed by atoms with Crippen LogP contribution in [0.5, 0.6) is 0 Å². The maximum absolute atomic E-state index is 12.4. The molecule has 1 heterocycles. The highest BCUT2D eigenvalue weighted by Gasteiger charge is 2.22. The molecule has 1 aromatic heterocycles. The third-order valence-corrected chi connectivity index (χ3v) is 3.86. The van der Waals surface area contributed by atoms with Gasteiger partial charge >= 0.3 is 0 Å². The van der Waals surface area contributed by atoms with Crippen LogP contribution in [0.1, 0.15) is 25.6 Å². The number of nitro benzene ring substituents is 1. The molecule has 0 bridgehead atoms. The number of nitrogens with one attached hydrogen (secondary N) is 1. The summed E-state index contributed by atoms with van der Waals surface area (Å²) in [6, 6.07) is 11.7. The summed E-state index contributed by atoms with van der Waals surface area (Å²) >= 11 is 0. The molecule has 0 radical (unpaired) electrons. The van der Waals surface area contributed by atoms with E-state index in [2.05, 4.69) is 10.3 Å². The van der Waals surface area contributed by atoms with Gasteiger partial charge in [0.25, 0.3) is 5.69 Å². The SMILES string of the molecule is CC(C)[C@@H](NC(=O)CN(C)c1ccccc1[N+](=O)[O-])c1ccccn1. The van der Waals surface area contributed by atoms with Crippen LogP contribution in [0, 0.1) is 16.0 Å². The van der Waals surface area contributed by atoms with Crippen molar-refractivity contribution in [2.75, 3.05) is 18.5 Å². The van der Waals surface area contributed by atoms with Gasteiger partial charge in [0.15, 0.2) is 0 Å². The third-order valence-electron chi connectivity index (χ3n) is 3.86. The molecule has 2 rings (SSSR count). The number of amides is 1. The number of para-hydroxylation sites is 2. The Labute approximate surface area is 146 Å². The van der Waals surface area contributed by atoms with E-state index in [0.717, 1.165) is 5.69 Å². The Hall–Kier alpha value is -2.96. The Morgan fingerprint density at radius 2 is 1.92 bits per heavy atom. The zero-order chi connectivity index (χ0) is 18.4. The Morgan fingerprint density at radius 1 is 1.24 bits per heavy atom. The van der Waals surface area contributed by atoms with Crippen molar-refractivity contribution >= 4 is 17.3 Å². The first-order valence-electron chi connectivity index (χ1n) is 8.05. The van der Waals surface area contributed by atoms with Crippen LogP contribution in [-0.4, -0.2) is 29.4 Å². The van der Waals surface area contributed by atoms with Gasteiger partial charge in [-0.05, 0) is 24.1 Å². The van der Waals surface area contributed by atoms with E-state index in [1.54, 1.807) is 36.3 Å². The fourth-order valence-corrected chi connectivity index (χ4v) is 2.60. The molecular formula is C18H22N4O3. The number of pyridine rings is 1. The Bertz CT molecular complexity index is 734. The van der Waals surface area contributed by atoms with Crippen LogP contribution in [0.4, 0.5) is 11.4 Å². The molecule has 7 nitrogen and oxygen atoms in total. The average Bonchev–Trinajstić information content (AvgIpc) is 2.60. The minimum atomic E-state index is -0.450. The lowest BCUT2D eigenvalue weighted by Crippen LogP contribution is -2.39. The van der Waals surface area contributed by atoms with Crippen LogP contribution in [0.25, 0.3) is 0 Å². The van der Waals surface area contributed by atoms with Crippen molar-refractivity contribution in [3.63, 3.8) is 0 Å². The number of hydrogen-bond acceptors (Lipinski definition) is 5. The Kier molecular flexibility index (Phi) is 6.05. The molecule has 1 atom stereocenters. The van der Waals surface area contributed by atoms with E-state index in [-0.39, 0.29) is 30.1 Å². The Morgan fingerprint density at radius 3 is 2.52 bits per heavy atom. The van der Waals surface area contributed by atoms with Crippen LogP contribution in [-0.2, 0) is 4.79 Å². The van der Waals surface area contributed by atoms with Gasteiger partial charge in [0, 0.05) is 19.3 Å². The molecule has 0 aliphatic heterocycles. The molecule has 1 amide bonds. The van der Waals surface area contributed by atoms with Crippen molar-refractivity contribution < 1.29 is 9.72 Å². The molecule has 0 spiro atoms. The largest absolute Gasteiger partial charge is 0.360 e. The van der Waals surface area contributed by atoms with E-state index in [9.17, 15) is 14.9 Å². The van der Waals surface area contributed by atoms with Crippen molar-refractivity contribution in [3.8, 4) is 0 Å². The number of benzene rings is 1. The van der Waals surface area contributed by atoms with E-state index in [1.807, 2.05) is 32.0 Å². The van der Waals surface area contributed by atoms with Crippen LogP contribution in [0.2, 0.25) is 0 Å². The number of carbonyl (C=O) groups excluding carboxylic acids is 1. The zero-order valence-corrected chi connectivity index (χ0v) is 14.5. The molecule has 2 aromatic rings. The molecule has 1 N–H and O–H groups in total. The standard InChI is InChI=1S/C18H22N4O3/c1-13(2)18(14-8-6-7-11-19-14)20-17(23)12-21(3)15-9-4-5-10-16(15)22(24)25/h4-11,13,18H,12H2,1-3H3,(H,20,23)/t18-/m1/s1. The fraction of sp³-hybridized carbons (Fsp3) is 0.333. The summed E-state index contributed by atoms with van der Waals surface area (Å²) in [5.41, 5.74) is 1.17. The van der Waals surface area contributed by atoms with Crippen molar-refractivity contribution in [2.24, 2.45) is 5.92 Å². The predicted molar refractivity (Wildman–Crippen MR) is 96.3 cm³/mol. The summed E-state index contributed by atoms with van der Waals surface area (Å²) in [5, 5.41) is 14.1. The molecule has 0 saturated carbocycles. The van der Waals surface area contributed by atoms with Crippen molar-refractivity contribution in [1.82, 2.24) is 10.3 Å².